The van der Waals surface area contributed by atoms with E-state index in [0.717, 1.165) is 61.8 Å². The Labute approximate surface area is 148 Å². The summed E-state index contributed by atoms with van der Waals surface area (Å²) in [5, 5.41) is 16.3. The van der Waals surface area contributed by atoms with E-state index < -0.39 is 0 Å². The number of hydrogen-bond acceptors (Lipinski definition) is 3. The van der Waals surface area contributed by atoms with Crippen molar-refractivity contribution in [2.45, 2.75) is 56.1 Å². The Morgan fingerprint density at radius 2 is 1.96 bits per heavy atom. The molecule has 3 N–H and O–H groups in total. The van der Waals surface area contributed by atoms with Gasteiger partial charge in [0.2, 0.25) is 0 Å². The fourth-order valence-electron chi connectivity index (χ4n) is 2.71. The molecule has 0 saturated heterocycles. The summed E-state index contributed by atoms with van der Waals surface area (Å²) in [5.74, 6) is 1.63. The smallest absolute Gasteiger partial charge is 0.191 e. The van der Waals surface area contributed by atoms with Crippen LogP contribution in [0.3, 0.4) is 0 Å². The Morgan fingerprint density at radius 1 is 1.25 bits per heavy atom. The number of aliphatic hydroxyl groups excluding tert-OH is 1. The molecule has 0 bridgehead atoms. The largest absolute Gasteiger partial charge is 0.393 e. The van der Waals surface area contributed by atoms with Gasteiger partial charge in [0.25, 0.3) is 0 Å². The van der Waals surface area contributed by atoms with E-state index in [1.54, 1.807) is 11.8 Å². The van der Waals surface area contributed by atoms with E-state index >= 15 is 0 Å². The zero-order valence-corrected chi connectivity index (χ0v) is 15.1. The maximum atomic E-state index is 12.9. The molecule has 1 fully saturated rings. The minimum Gasteiger partial charge on any atom is -0.393 e. The highest BCUT2D eigenvalue weighted by Crippen LogP contribution is 2.19. The highest BCUT2D eigenvalue weighted by Gasteiger charge is 2.19. The molecule has 2 rings (SSSR count). The maximum Gasteiger partial charge on any atom is 0.191 e. The molecule has 1 aliphatic carbocycles. The molecule has 1 saturated carbocycles. The number of rotatable bonds is 7. The number of guanidine groups is 1. The van der Waals surface area contributed by atoms with Gasteiger partial charge in [-0.15, -0.1) is 11.8 Å². The van der Waals surface area contributed by atoms with Gasteiger partial charge in [-0.25, -0.2) is 4.39 Å². The monoisotopic (exact) mass is 353 g/mol. The first-order valence-electron chi connectivity index (χ1n) is 8.78. The summed E-state index contributed by atoms with van der Waals surface area (Å²) in [5.41, 5.74) is 0. The van der Waals surface area contributed by atoms with Crippen molar-refractivity contribution in [3.05, 3.63) is 30.1 Å². The van der Waals surface area contributed by atoms with Crippen molar-refractivity contribution in [1.29, 1.82) is 0 Å². The van der Waals surface area contributed by atoms with Crippen molar-refractivity contribution >= 4 is 17.7 Å². The van der Waals surface area contributed by atoms with Crippen LogP contribution >= 0.6 is 11.8 Å². The minimum absolute atomic E-state index is 0.133. The summed E-state index contributed by atoms with van der Waals surface area (Å²) in [6.07, 6.45) is 4.56. The molecule has 0 aliphatic heterocycles. The number of aliphatic hydroxyl groups is 1. The number of nitrogens with one attached hydrogen (secondary N) is 2. The van der Waals surface area contributed by atoms with E-state index in [-0.39, 0.29) is 11.9 Å². The van der Waals surface area contributed by atoms with Crippen LogP contribution in [0.5, 0.6) is 0 Å². The summed E-state index contributed by atoms with van der Waals surface area (Å²) < 4.78 is 12.9. The van der Waals surface area contributed by atoms with E-state index in [2.05, 4.69) is 22.5 Å². The Kier molecular flexibility index (Phi) is 8.39. The minimum atomic E-state index is -0.194. The van der Waals surface area contributed by atoms with Crippen LogP contribution in [0.25, 0.3) is 0 Å². The molecule has 0 heterocycles. The average Bonchev–Trinajstić information content (AvgIpc) is 2.58. The highest BCUT2D eigenvalue weighted by atomic mass is 32.2. The van der Waals surface area contributed by atoms with Crippen LogP contribution in [0.2, 0.25) is 0 Å². The molecule has 1 aliphatic rings. The highest BCUT2D eigenvalue weighted by molar-refractivity contribution is 7.99. The molecule has 24 heavy (non-hydrogen) atoms. The molecule has 0 amide bonds. The molecular weight excluding hydrogens is 325 g/mol. The van der Waals surface area contributed by atoms with E-state index in [1.165, 1.54) is 12.1 Å². The lowest BCUT2D eigenvalue weighted by atomic mass is 9.93. The predicted octanol–water partition coefficient (Wildman–Crippen LogP) is 3.17. The summed E-state index contributed by atoms with van der Waals surface area (Å²) >= 11 is 1.73. The Bertz CT molecular complexity index is 501. The number of nitrogens with zero attached hydrogens (tertiary/aromatic N) is 1. The number of thioether (sulfide) groups is 1. The second-order valence-electron chi connectivity index (χ2n) is 6.07. The SMILES string of the molecule is CCNC(=NCCCSc1ccc(F)cc1)NC1CCC(O)CC1. The molecule has 0 atom stereocenters. The van der Waals surface area contributed by atoms with Gasteiger partial charge in [0.1, 0.15) is 5.82 Å². The van der Waals surface area contributed by atoms with Crippen LogP contribution in [0.15, 0.2) is 34.2 Å². The number of benzene rings is 1. The van der Waals surface area contributed by atoms with Crippen molar-refractivity contribution in [1.82, 2.24) is 10.6 Å². The van der Waals surface area contributed by atoms with E-state index in [9.17, 15) is 9.50 Å². The predicted molar refractivity (Wildman–Crippen MR) is 99.1 cm³/mol. The number of halogens is 1. The van der Waals surface area contributed by atoms with Crippen molar-refractivity contribution in [2.75, 3.05) is 18.8 Å². The molecular formula is C18H28FN3OS. The van der Waals surface area contributed by atoms with Gasteiger partial charge in [-0.3, -0.25) is 4.99 Å². The van der Waals surface area contributed by atoms with Gasteiger partial charge < -0.3 is 15.7 Å². The first kappa shape index (κ1) is 19.1. The third kappa shape index (κ3) is 7.09. The van der Waals surface area contributed by atoms with Gasteiger partial charge in [0.15, 0.2) is 5.96 Å². The third-order valence-corrected chi connectivity index (χ3v) is 5.13. The first-order chi connectivity index (χ1) is 11.7. The van der Waals surface area contributed by atoms with Crippen molar-refractivity contribution in [2.24, 2.45) is 4.99 Å². The third-order valence-electron chi connectivity index (χ3n) is 4.04. The average molecular weight is 354 g/mol. The molecule has 0 spiro atoms. The van der Waals surface area contributed by atoms with Gasteiger partial charge in [-0.05, 0) is 69.0 Å². The van der Waals surface area contributed by atoms with Crippen LogP contribution in [-0.2, 0) is 0 Å². The Morgan fingerprint density at radius 3 is 2.62 bits per heavy atom. The second-order valence-corrected chi connectivity index (χ2v) is 7.23. The zero-order valence-electron chi connectivity index (χ0n) is 14.3. The Hall–Kier alpha value is -1.27. The lowest BCUT2D eigenvalue weighted by Crippen LogP contribution is -2.45. The topological polar surface area (TPSA) is 56.7 Å². The van der Waals surface area contributed by atoms with Crippen molar-refractivity contribution < 1.29 is 9.50 Å². The second kappa shape index (κ2) is 10.6. The Balaban J connectivity index is 1.69. The quantitative estimate of drug-likeness (QED) is 0.305. The van der Waals surface area contributed by atoms with Crippen LogP contribution < -0.4 is 10.6 Å². The molecule has 6 heteroatoms. The van der Waals surface area contributed by atoms with Crippen LogP contribution in [0.1, 0.15) is 39.0 Å². The normalized spacial score (nSPS) is 21.5. The maximum absolute atomic E-state index is 12.9. The molecule has 134 valence electrons. The number of aliphatic imine (C=N–C) groups is 1. The van der Waals surface area contributed by atoms with Crippen LogP contribution in [-0.4, -0.2) is 42.1 Å². The molecule has 4 nitrogen and oxygen atoms in total. The molecule has 0 unspecified atom stereocenters. The van der Waals surface area contributed by atoms with E-state index in [4.69, 9.17) is 0 Å². The number of hydrogen-bond donors (Lipinski definition) is 3. The van der Waals surface area contributed by atoms with Crippen LogP contribution in [0.4, 0.5) is 4.39 Å². The van der Waals surface area contributed by atoms with Gasteiger partial charge in [0.05, 0.1) is 6.10 Å². The van der Waals surface area contributed by atoms with Crippen LogP contribution in [0, 0.1) is 5.82 Å². The van der Waals surface area contributed by atoms with Crippen molar-refractivity contribution in [3.63, 3.8) is 0 Å². The fourth-order valence-corrected chi connectivity index (χ4v) is 3.55. The summed E-state index contributed by atoms with van der Waals surface area (Å²) in [6, 6.07) is 7.02. The summed E-state index contributed by atoms with van der Waals surface area (Å²) in [7, 11) is 0. The fraction of sp³-hybridized carbons (Fsp3) is 0.611. The molecule has 0 aromatic heterocycles. The van der Waals surface area contributed by atoms with Gasteiger partial charge in [-0.1, -0.05) is 0 Å². The standard InChI is InChI=1S/C18H28FN3OS/c1-2-20-18(22-15-6-8-16(23)9-7-15)21-12-3-13-24-17-10-4-14(19)5-11-17/h4-5,10-11,15-16,23H,2-3,6-9,12-13H2,1H3,(H2,20,21,22). The van der Waals surface area contributed by atoms with E-state index in [1.807, 2.05) is 12.1 Å². The summed E-state index contributed by atoms with van der Waals surface area (Å²) in [4.78, 5) is 5.72. The molecule has 0 radical (unpaired) electrons. The van der Waals surface area contributed by atoms with Gasteiger partial charge in [-0.2, -0.15) is 0 Å². The first-order valence-corrected chi connectivity index (χ1v) is 9.77. The molecule has 1 aromatic carbocycles. The lowest BCUT2D eigenvalue weighted by Gasteiger charge is -2.27. The van der Waals surface area contributed by atoms with Crippen molar-refractivity contribution in [3.8, 4) is 0 Å². The summed E-state index contributed by atoms with van der Waals surface area (Å²) in [6.45, 7) is 3.66. The molecule has 1 aromatic rings. The zero-order chi connectivity index (χ0) is 17.2. The van der Waals surface area contributed by atoms with Gasteiger partial charge in [0, 0.05) is 24.0 Å². The van der Waals surface area contributed by atoms with Gasteiger partial charge >= 0.3 is 0 Å². The van der Waals surface area contributed by atoms with E-state index in [0.29, 0.717) is 6.04 Å². The lowest BCUT2D eigenvalue weighted by molar-refractivity contribution is 0.120.